The van der Waals surface area contributed by atoms with Gasteiger partial charge in [-0.25, -0.2) is 23.5 Å². The lowest BCUT2D eigenvalue weighted by Crippen LogP contribution is -2.56. The number of carbonyl (C=O) groups excluding carboxylic acids is 2. The topological polar surface area (TPSA) is 95.3 Å². The number of benzene rings is 1. The number of halogens is 2. The van der Waals surface area contributed by atoms with Crippen molar-refractivity contribution in [3.05, 3.63) is 53.1 Å². The largest absolute Gasteiger partial charge is 0.449 e. The number of nitrogens with one attached hydrogen (secondary N) is 1. The molecular formula is C27H33ClFN7O3. The van der Waals surface area contributed by atoms with Crippen molar-refractivity contribution in [2.24, 2.45) is 0 Å². The number of piperazine rings is 1. The van der Waals surface area contributed by atoms with Crippen LogP contribution in [0.15, 0.2) is 36.7 Å². The second-order valence-electron chi connectivity index (χ2n) is 10.0. The number of unbranched alkanes of at least 4 members (excludes halogenated alkanes) is 1. The van der Waals surface area contributed by atoms with E-state index in [1.165, 1.54) is 12.1 Å². The minimum absolute atomic E-state index is 0.101. The normalized spacial score (nSPS) is 19.5. The van der Waals surface area contributed by atoms with Crippen LogP contribution in [0.25, 0.3) is 5.65 Å². The van der Waals surface area contributed by atoms with E-state index in [0.717, 1.165) is 37.8 Å². The van der Waals surface area contributed by atoms with Crippen LogP contribution in [0.5, 0.6) is 0 Å². The Hall–Kier alpha value is -3.60. The van der Waals surface area contributed by atoms with Crippen molar-refractivity contribution >= 4 is 40.9 Å². The number of urea groups is 1. The van der Waals surface area contributed by atoms with E-state index in [2.05, 4.69) is 15.3 Å². The molecule has 3 aromatic rings. The molecule has 5 rings (SSSR count). The predicted octanol–water partition coefficient (Wildman–Crippen LogP) is 5.34. The Morgan fingerprint density at radius 1 is 1.23 bits per heavy atom. The molecule has 0 aliphatic carbocycles. The van der Waals surface area contributed by atoms with Gasteiger partial charge >= 0.3 is 12.1 Å². The Kier molecular flexibility index (Phi) is 8.06. The fraction of sp³-hybridized carbons (Fsp3) is 0.481. The minimum atomic E-state index is -0.338. The lowest BCUT2D eigenvalue weighted by molar-refractivity contribution is 0.0606. The second-order valence-corrected chi connectivity index (χ2v) is 10.4. The van der Waals surface area contributed by atoms with Gasteiger partial charge in [-0.2, -0.15) is 5.10 Å². The summed E-state index contributed by atoms with van der Waals surface area (Å²) in [5, 5.41) is 7.79. The lowest BCUT2D eigenvalue weighted by atomic mass is 10.0. The summed E-state index contributed by atoms with van der Waals surface area (Å²) in [6.45, 7) is 6.27. The lowest BCUT2D eigenvalue weighted by Gasteiger charge is -2.38. The quantitative estimate of drug-likeness (QED) is 0.411. The van der Waals surface area contributed by atoms with Crippen molar-refractivity contribution in [2.45, 2.75) is 51.6 Å². The third kappa shape index (κ3) is 5.73. The van der Waals surface area contributed by atoms with E-state index in [1.54, 1.807) is 32.8 Å². The first-order chi connectivity index (χ1) is 18.9. The average molecular weight is 558 g/mol. The highest BCUT2D eigenvalue weighted by atomic mass is 35.5. The molecular weight excluding hydrogens is 525 g/mol. The number of ether oxygens (including phenoxy) is 1. The summed E-state index contributed by atoms with van der Waals surface area (Å²) in [4.78, 5) is 35.8. The van der Waals surface area contributed by atoms with Crippen molar-refractivity contribution in [1.82, 2.24) is 24.4 Å². The van der Waals surface area contributed by atoms with Gasteiger partial charge in [0.15, 0.2) is 5.65 Å². The maximum atomic E-state index is 14.0. The summed E-state index contributed by atoms with van der Waals surface area (Å²) in [7, 11) is 0. The van der Waals surface area contributed by atoms with Gasteiger partial charge in [-0.1, -0.05) is 24.9 Å². The first-order valence-corrected chi connectivity index (χ1v) is 13.8. The summed E-state index contributed by atoms with van der Waals surface area (Å²) < 4.78 is 20.9. The highest BCUT2D eigenvalue weighted by Gasteiger charge is 2.32. The molecule has 1 unspecified atom stereocenters. The van der Waals surface area contributed by atoms with Crippen LogP contribution in [0.3, 0.4) is 0 Å². The molecule has 2 saturated heterocycles. The van der Waals surface area contributed by atoms with Crippen molar-refractivity contribution < 1.29 is 18.7 Å². The molecule has 0 bridgehead atoms. The molecule has 10 nitrogen and oxygen atoms in total. The Labute approximate surface area is 231 Å². The van der Waals surface area contributed by atoms with Gasteiger partial charge in [0.05, 0.1) is 18.8 Å². The Bertz CT molecular complexity index is 1350. The number of carbonyl (C=O) groups is 2. The zero-order valence-corrected chi connectivity index (χ0v) is 22.9. The van der Waals surface area contributed by atoms with Gasteiger partial charge in [-0.15, -0.1) is 0 Å². The van der Waals surface area contributed by atoms with Crippen molar-refractivity contribution in [2.75, 3.05) is 43.0 Å². The Morgan fingerprint density at radius 2 is 2.08 bits per heavy atom. The molecule has 0 radical (unpaired) electrons. The van der Waals surface area contributed by atoms with E-state index in [-0.39, 0.29) is 30.0 Å². The number of anilines is 2. The van der Waals surface area contributed by atoms with E-state index >= 15 is 0 Å². The Morgan fingerprint density at radius 3 is 2.87 bits per heavy atom. The van der Waals surface area contributed by atoms with Crippen molar-refractivity contribution in [3.63, 3.8) is 0 Å². The summed E-state index contributed by atoms with van der Waals surface area (Å²) in [5.41, 5.74) is 1.72. The van der Waals surface area contributed by atoms with Crippen LogP contribution in [0.4, 0.5) is 25.5 Å². The van der Waals surface area contributed by atoms with Gasteiger partial charge < -0.3 is 24.8 Å². The molecule has 1 aromatic carbocycles. The Balaban J connectivity index is 1.28. The van der Waals surface area contributed by atoms with Crippen LogP contribution in [0.1, 0.15) is 51.1 Å². The zero-order valence-electron chi connectivity index (χ0n) is 22.1. The zero-order chi connectivity index (χ0) is 27.5. The van der Waals surface area contributed by atoms with Gasteiger partial charge in [-0.05, 0) is 56.0 Å². The van der Waals surface area contributed by atoms with Gasteiger partial charge in [-0.3, -0.25) is 0 Å². The summed E-state index contributed by atoms with van der Waals surface area (Å²) in [6.07, 6.45) is 6.56. The third-order valence-electron chi connectivity index (χ3n) is 7.33. The van der Waals surface area contributed by atoms with Gasteiger partial charge in [0.25, 0.3) is 0 Å². The van der Waals surface area contributed by atoms with Gasteiger partial charge in [0.2, 0.25) is 0 Å². The number of hydrogen-bond acceptors (Lipinski definition) is 6. The third-order valence-corrected chi connectivity index (χ3v) is 7.68. The highest BCUT2D eigenvalue weighted by molar-refractivity contribution is 6.31. The molecule has 4 heterocycles. The van der Waals surface area contributed by atoms with Crippen molar-refractivity contribution in [3.8, 4) is 0 Å². The van der Waals surface area contributed by atoms with Crippen LogP contribution in [-0.4, -0.2) is 75.3 Å². The maximum absolute atomic E-state index is 14.0. The number of aromatic nitrogens is 3. The predicted molar refractivity (Wildman–Crippen MR) is 147 cm³/mol. The van der Waals surface area contributed by atoms with E-state index in [0.29, 0.717) is 48.4 Å². The molecule has 3 amide bonds. The minimum Gasteiger partial charge on any atom is -0.449 e. The molecule has 2 aliphatic heterocycles. The van der Waals surface area contributed by atoms with E-state index < -0.39 is 0 Å². The van der Waals surface area contributed by atoms with E-state index in [1.807, 2.05) is 19.9 Å². The monoisotopic (exact) mass is 557 g/mol. The van der Waals surface area contributed by atoms with Crippen LogP contribution in [-0.2, 0) is 4.74 Å². The maximum Gasteiger partial charge on any atom is 0.410 e. The molecule has 0 spiro atoms. The molecule has 2 aromatic heterocycles. The van der Waals surface area contributed by atoms with Crippen molar-refractivity contribution in [1.29, 1.82) is 0 Å². The molecule has 12 heteroatoms. The molecule has 0 saturated carbocycles. The fourth-order valence-electron chi connectivity index (χ4n) is 5.24. The number of rotatable bonds is 6. The summed E-state index contributed by atoms with van der Waals surface area (Å²) in [5.74, 6) is 0.374. The standard InChI is InChI=1S/C27H33ClFN7O3/c1-3-4-14-39-27(38)34-13-12-33(17-18(34)2)26(37)31-22-16-30-36-11-9-24(32-25(22)36)35-10-5-6-23(35)20-15-19(29)7-8-21(20)28/h7-9,11,15-16,18,23H,3-6,10,12-14,17H2,1-2H3,(H,31,37)/t18?,23-/m1/s1. The molecule has 208 valence electrons. The van der Waals surface area contributed by atoms with Crippen LogP contribution in [0, 0.1) is 5.82 Å². The average Bonchev–Trinajstić information content (AvgIpc) is 3.57. The van der Waals surface area contributed by atoms with Crippen LogP contribution < -0.4 is 10.2 Å². The molecule has 2 aliphatic rings. The first kappa shape index (κ1) is 27.0. The van der Waals surface area contributed by atoms with E-state index in [4.69, 9.17) is 21.3 Å². The van der Waals surface area contributed by atoms with Gasteiger partial charge in [0.1, 0.15) is 17.3 Å². The fourth-order valence-corrected chi connectivity index (χ4v) is 5.48. The number of hydrogen-bond donors (Lipinski definition) is 1. The molecule has 2 fully saturated rings. The molecule has 1 N–H and O–H groups in total. The SMILES string of the molecule is CCCCOC(=O)N1CCN(C(=O)Nc2cnn3ccc(N4CCC[C@@H]4c4cc(F)ccc4Cl)nc23)CC1C. The van der Waals surface area contributed by atoms with Gasteiger partial charge in [0, 0.05) is 43.4 Å². The van der Waals surface area contributed by atoms with Crippen LogP contribution in [0.2, 0.25) is 5.02 Å². The summed E-state index contributed by atoms with van der Waals surface area (Å²) in [6, 6.07) is 5.73. The first-order valence-electron chi connectivity index (χ1n) is 13.4. The molecule has 2 atom stereocenters. The van der Waals surface area contributed by atoms with Crippen LogP contribution >= 0.6 is 11.6 Å². The molecule has 39 heavy (non-hydrogen) atoms. The second kappa shape index (κ2) is 11.6. The number of fused-ring (bicyclic) bond motifs is 1. The number of amides is 3. The highest BCUT2D eigenvalue weighted by Crippen LogP contribution is 2.39. The van der Waals surface area contributed by atoms with E-state index in [9.17, 15) is 14.0 Å². The number of nitrogens with zero attached hydrogens (tertiary/aromatic N) is 6. The smallest absolute Gasteiger partial charge is 0.410 e. The summed E-state index contributed by atoms with van der Waals surface area (Å²) >= 11 is 6.42.